The Hall–Kier alpha value is -1.68. The van der Waals surface area contributed by atoms with Crippen molar-refractivity contribution in [2.75, 3.05) is 0 Å². The number of hydrogen-bond acceptors (Lipinski definition) is 2. The molecule has 0 N–H and O–H groups in total. The van der Waals surface area contributed by atoms with Gasteiger partial charge in [-0.25, -0.2) is 4.57 Å². The first-order chi connectivity index (χ1) is 8.15. The zero-order valence-corrected chi connectivity index (χ0v) is 10.9. The van der Waals surface area contributed by atoms with Gasteiger partial charge in [0.2, 0.25) is 0 Å². The van der Waals surface area contributed by atoms with Gasteiger partial charge in [-0.15, -0.1) is 0 Å². The van der Waals surface area contributed by atoms with Gasteiger partial charge in [0.15, 0.2) is 5.69 Å². The van der Waals surface area contributed by atoms with Crippen LogP contribution in [0.2, 0.25) is 0 Å². The van der Waals surface area contributed by atoms with Crippen LogP contribution in [0.1, 0.15) is 11.3 Å². The summed E-state index contributed by atoms with van der Waals surface area (Å²) in [6.07, 6.45) is 4.93. The van der Waals surface area contributed by atoms with Gasteiger partial charge in [-0.1, -0.05) is 38.8 Å². The second-order valence-corrected chi connectivity index (χ2v) is 4.56. The average Bonchev–Trinajstić information content (AvgIpc) is 2.33. The highest BCUT2D eigenvalue weighted by atomic mass is 79.9. The van der Waals surface area contributed by atoms with Crippen molar-refractivity contribution in [3.05, 3.63) is 58.6 Å². The zero-order chi connectivity index (χ0) is 12.3. The zero-order valence-electron chi connectivity index (χ0n) is 9.30. The smallest absolute Gasteiger partial charge is 0.290 e. The molecule has 0 unspecified atom stereocenters. The molecule has 0 spiro atoms. The minimum atomic E-state index is -0.0480. The summed E-state index contributed by atoms with van der Waals surface area (Å²) in [5.41, 5.74) is 1.58. The maximum atomic E-state index is 11.9. The molecule has 0 fully saturated rings. The molecule has 0 aliphatic heterocycles. The van der Waals surface area contributed by atoms with E-state index in [9.17, 15) is 5.11 Å². The van der Waals surface area contributed by atoms with E-state index >= 15 is 0 Å². The monoisotopic (exact) mass is 290 g/mol. The summed E-state index contributed by atoms with van der Waals surface area (Å²) in [5, 5.41) is 11.9. The fourth-order valence-electron chi connectivity index (χ4n) is 1.33. The molecule has 0 bridgehead atoms. The van der Waals surface area contributed by atoms with Crippen LogP contribution in [0.4, 0.5) is 0 Å². The van der Waals surface area contributed by atoms with Crippen molar-refractivity contribution < 1.29 is 9.67 Å². The summed E-state index contributed by atoms with van der Waals surface area (Å²) in [7, 11) is 0. The highest BCUT2D eigenvalue weighted by Gasteiger charge is 1.97. The molecule has 2 rings (SSSR count). The van der Waals surface area contributed by atoms with Gasteiger partial charge in [0.25, 0.3) is 6.33 Å². The van der Waals surface area contributed by atoms with E-state index in [4.69, 9.17) is 0 Å². The maximum absolute atomic E-state index is 11.9. The first-order valence-electron chi connectivity index (χ1n) is 5.13. The highest BCUT2D eigenvalue weighted by molar-refractivity contribution is 9.10. The predicted molar refractivity (Wildman–Crippen MR) is 67.5 cm³/mol. The Morgan fingerprint density at radius 3 is 2.59 bits per heavy atom. The van der Waals surface area contributed by atoms with Gasteiger partial charge in [-0.3, -0.25) is 0 Å². The minimum Gasteiger partial charge on any atom is -0.870 e. The van der Waals surface area contributed by atoms with Crippen molar-refractivity contribution >= 4 is 27.9 Å². The number of hydrogen-bond donors (Lipinski definition) is 0. The Kier molecular flexibility index (Phi) is 3.54. The lowest BCUT2D eigenvalue weighted by atomic mass is 10.2. The van der Waals surface area contributed by atoms with E-state index in [0.717, 1.165) is 10.2 Å². The van der Waals surface area contributed by atoms with E-state index in [2.05, 4.69) is 20.9 Å². The van der Waals surface area contributed by atoms with Crippen LogP contribution < -0.4 is 9.67 Å². The first kappa shape index (κ1) is 11.8. The highest BCUT2D eigenvalue weighted by Crippen LogP contribution is 2.13. The number of rotatable bonds is 2. The molecule has 0 amide bonds. The Bertz CT molecular complexity index is 532. The first-order valence-corrected chi connectivity index (χ1v) is 5.92. The molecule has 0 aliphatic rings. The van der Waals surface area contributed by atoms with Crippen LogP contribution in [-0.4, -0.2) is 4.98 Å². The normalized spacial score (nSPS) is 11.5. The lowest BCUT2D eigenvalue weighted by molar-refractivity contribution is -0.573. The molecule has 4 heteroatoms. The van der Waals surface area contributed by atoms with E-state index in [-0.39, 0.29) is 5.76 Å². The lowest BCUT2D eigenvalue weighted by Crippen LogP contribution is -2.27. The largest absolute Gasteiger partial charge is 0.870 e. The summed E-state index contributed by atoms with van der Waals surface area (Å²) in [5.74, 6) is -0.0480. The molecular formula is C13H11BrN2O. The van der Waals surface area contributed by atoms with Gasteiger partial charge in [-0.05, 0) is 17.7 Å². The van der Waals surface area contributed by atoms with Crippen molar-refractivity contribution in [3.8, 4) is 0 Å². The summed E-state index contributed by atoms with van der Waals surface area (Å²) >= 11 is 3.33. The Balaban J connectivity index is 2.27. The molecule has 0 saturated heterocycles. The maximum Gasteiger partial charge on any atom is 0.290 e. The summed E-state index contributed by atoms with van der Waals surface area (Å²) in [6.45, 7) is 1.90. The summed E-state index contributed by atoms with van der Waals surface area (Å²) < 4.78 is 2.61. The number of nitrogens with zero attached hydrogens (tertiary/aromatic N) is 2. The molecule has 1 aromatic heterocycles. The van der Waals surface area contributed by atoms with Crippen LogP contribution in [0, 0.1) is 6.92 Å². The number of halogens is 1. The van der Waals surface area contributed by atoms with Gasteiger partial charge in [0.05, 0.1) is 12.4 Å². The number of aromatic nitrogens is 2. The van der Waals surface area contributed by atoms with Crippen molar-refractivity contribution in [2.24, 2.45) is 0 Å². The topological polar surface area (TPSA) is 39.8 Å². The number of aryl methyl sites for hydroxylation is 1. The summed E-state index contributed by atoms with van der Waals surface area (Å²) in [6, 6.07) is 9.11. The van der Waals surface area contributed by atoms with E-state index in [1.54, 1.807) is 29.2 Å². The Morgan fingerprint density at radius 2 is 2.00 bits per heavy atom. The number of benzene rings is 1. The third kappa shape index (κ3) is 3.14. The lowest BCUT2D eigenvalue weighted by Gasteiger charge is -2.10. The fourth-order valence-corrected chi connectivity index (χ4v) is 1.60. The molecule has 3 nitrogen and oxygen atoms in total. The van der Waals surface area contributed by atoms with Crippen molar-refractivity contribution in [3.63, 3.8) is 0 Å². The molecular weight excluding hydrogens is 280 g/mol. The minimum absolute atomic E-state index is 0.0480. The Morgan fingerprint density at radius 1 is 1.29 bits per heavy atom. The standard InChI is InChI=1S/C13H11BrN2O/c1-10-6-7-16(9-15-10)8-13(17)11-2-4-12(14)5-3-11/h2-9H,1H3/b13-8-. The third-order valence-corrected chi connectivity index (χ3v) is 2.81. The second-order valence-electron chi connectivity index (χ2n) is 3.65. The van der Waals surface area contributed by atoms with E-state index < -0.39 is 0 Å². The van der Waals surface area contributed by atoms with Crippen molar-refractivity contribution in [2.45, 2.75) is 6.92 Å². The van der Waals surface area contributed by atoms with Crippen molar-refractivity contribution in [1.82, 2.24) is 4.98 Å². The second kappa shape index (κ2) is 5.10. The quantitative estimate of drug-likeness (QED) is 0.625. The third-order valence-electron chi connectivity index (χ3n) is 2.28. The van der Waals surface area contributed by atoms with E-state index in [1.807, 2.05) is 25.1 Å². The Labute approximate surface area is 108 Å². The average molecular weight is 291 g/mol. The summed E-state index contributed by atoms with van der Waals surface area (Å²) in [4.78, 5) is 4.11. The molecule has 2 aromatic rings. The molecule has 0 atom stereocenters. The fraction of sp³-hybridized carbons (Fsp3) is 0.0769. The molecule has 17 heavy (non-hydrogen) atoms. The molecule has 0 radical (unpaired) electrons. The van der Waals surface area contributed by atoms with Gasteiger partial charge in [-0.2, -0.15) is 0 Å². The van der Waals surface area contributed by atoms with Crippen LogP contribution >= 0.6 is 15.9 Å². The molecule has 1 aromatic carbocycles. The molecule has 86 valence electrons. The van der Waals surface area contributed by atoms with Gasteiger partial charge >= 0.3 is 0 Å². The van der Waals surface area contributed by atoms with Crippen molar-refractivity contribution in [1.29, 1.82) is 0 Å². The van der Waals surface area contributed by atoms with Crippen LogP contribution in [0.3, 0.4) is 0 Å². The molecule has 1 heterocycles. The van der Waals surface area contributed by atoms with Gasteiger partial charge in [0, 0.05) is 17.5 Å². The van der Waals surface area contributed by atoms with E-state index in [0.29, 0.717) is 5.56 Å². The van der Waals surface area contributed by atoms with Gasteiger partial charge in [0.1, 0.15) is 0 Å². The predicted octanol–water partition coefficient (Wildman–Crippen LogP) is 1.76. The molecule has 0 saturated carbocycles. The van der Waals surface area contributed by atoms with Crippen LogP contribution in [0.5, 0.6) is 0 Å². The SMILES string of the molecule is Cc1cc[n+](/C=C(\[O-])c2ccc(Br)cc2)cn1. The van der Waals surface area contributed by atoms with Crippen LogP contribution in [-0.2, 0) is 0 Å². The van der Waals surface area contributed by atoms with Crippen LogP contribution in [0.25, 0.3) is 12.0 Å². The van der Waals surface area contributed by atoms with Gasteiger partial charge < -0.3 is 5.11 Å². The molecule has 0 aliphatic carbocycles. The van der Waals surface area contributed by atoms with Crippen LogP contribution in [0.15, 0.2) is 47.3 Å². The van der Waals surface area contributed by atoms with E-state index in [1.165, 1.54) is 6.20 Å².